The number of nitrogens with zero attached hydrogens (tertiary/aromatic N) is 1. The molecular weight excluding hydrogens is 277 g/mol. The first-order chi connectivity index (χ1) is 10.7. The van der Waals surface area contributed by atoms with Gasteiger partial charge in [0.1, 0.15) is 24.2 Å². The van der Waals surface area contributed by atoms with Crippen LogP contribution < -0.4 is 4.74 Å². The molecule has 1 saturated carbocycles. The van der Waals surface area contributed by atoms with Crippen LogP contribution in [0.3, 0.4) is 0 Å². The number of hydrogen-bond donors (Lipinski definition) is 0. The minimum atomic E-state index is -0.529. The average Bonchev–Trinajstić information content (AvgIpc) is 2.53. The Morgan fingerprint density at radius 2 is 2.09 bits per heavy atom. The molecule has 0 aliphatic heterocycles. The zero-order valence-corrected chi connectivity index (χ0v) is 13.2. The van der Waals surface area contributed by atoms with E-state index in [9.17, 15) is 4.39 Å². The van der Waals surface area contributed by atoms with Gasteiger partial charge in [-0.05, 0) is 49.7 Å². The summed E-state index contributed by atoms with van der Waals surface area (Å²) in [4.78, 5) is 0. The Hall–Kier alpha value is -1.82. The number of benzene rings is 1. The van der Waals surface area contributed by atoms with E-state index < -0.39 is 5.82 Å². The van der Waals surface area contributed by atoms with Crippen LogP contribution in [0.5, 0.6) is 5.75 Å². The summed E-state index contributed by atoms with van der Waals surface area (Å²) in [5, 5.41) is 8.68. The van der Waals surface area contributed by atoms with Gasteiger partial charge in [-0.25, -0.2) is 4.39 Å². The predicted molar refractivity (Wildman–Crippen MR) is 86.1 cm³/mol. The van der Waals surface area contributed by atoms with Crippen LogP contribution in [0.15, 0.2) is 30.4 Å². The van der Waals surface area contributed by atoms with Crippen molar-refractivity contribution in [3.63, 3.8) is 0 Å². The molecule has 0 amide bonds. The number of hydrogen-bond acceptors (Lipinski definition) is 2. The van der Waals surface area contributed by atoms with Crippen molar-refractivity contribution in [3.8, 4) is 11.8 Å². The van der Waals surface area contributed by atoms with Crippen molar-refractivity contribution in [1.82, 2.24) is 0 Å². The molecule has 22 heavy (non-hydrogen) atoms. The van der Waals surface area contributed by atoms with E-state index in [1.54, 1.807) is 12.1 Å². The molecule has 0 atom stereocenters. The molecule has 3 heteroatoms. The molecule has 0 N–H and O–H groups in total. The van der Waals surface area contributed by atoms with Crippen molar-refractivity contribution in [2.45, 2.75) is 45.4 Å². The Morgan fingerprint density at radius 3 is 2.73 bits per heavy atom. The van der Waals surface area contributed by atoms with E-state index in [1.165, 1.54) is 50.7 Å². The molecule has 0 radical (unpaired) electrons. The highest BCUT2D eigenvalue weighted by atomic mass is 19.1. The van der Waals surface area contributed by atoms with Gasteiger partial charge >= 0.3 is 0 Å². The molecule has 1 aromatic rings. The minimum absolute atomic E-state index is 0.0479. The van der Waals surface area contributed by atoms with Crippen molar-refractivity contribution < 1.29 is 9.13 Å². The fraction of sp³-hybridized carbons (Fsp3) is 0.526. The van der Waals surface area contributed by atoms with Crippen molar-refractivity contribution in [2.75, 3.05) is 6.61 Å². The molecule has 2 nitrogen and oxygen atoms in total. The van der Waals surface area contributed by atoms with Crippen LogP contribution in [0.4, 0.5) is 4.39 Å². The lowest BCUT2D eigenvalue weighted by atomic mass is 9.80. The van der Waals surface area contributed by atoms with Crippen LogP contribution in [0.1, 0.15) is 51.0 Å². The Kier molecular flexibility index (Phi) is 6.45. The van der Waals surface area contributed by atoms with Crippen LogP contribution in [0.2, 0.25) is 0 Å². The van der Waals surface area contributed by atoms with E-state index in [1.807, 2.05) is 6.08 Å². The Bertz CT molecular complexity index is 539. The van der Waals surface area contributed by atoms with Gasteiger partial charge in [-0.2, -0.15) is 5.26 Å². The lowest BCUT2D eigenvalue weighted by molar-refractivity contribution is 0.292. The highest BCUT2D eigenvalue weighted by Gasteiger charge is 2.18. The van der Waals surface area contributed by atoms with Gasteiger partial charge in [0, 0.05) is 6.07 Å². The summed E-state index contributed by atoms with van der Waals surface area (Å²) in [7, 11) is 0. The normalized spacial score (nSPS) is 21.7. The van der Waals surface area contributed by atoms with E-state index >= 15 is 0 Å². The number of nitriles is 1. The van der Waals surface area contributed by atoms with Crippen LogP contribution in [0.25, 0.3) is 0 Å². The smallest absolute Gasteiger partial charge is 0.144 e. The number of rotatable bonds is 6. The SMILES string of the molecule is CCC[C@H]1CC[C@H](/C=C/COc2ccc(C#N)c(F)c2)CC1. The molecule has 1 fully saturated rings. The van der Waals surface area contributed by atoms with Gasteiger partial charge in [0.05, 0.1) is 5.56 Å². The topological polar surface area (TPSA) is 33.0 Å². The third-order valence-corrected chi connectivity index (χ3v) is 4.40. The summed E-state index contributed by atoms with van der Waals surface area (Å²) in [6, 6.07) is 6.15. The highest BCUT2D eigenvalue weighted by Crippen LogP contribution is 2.32. The number of ether oxygens (including phenoxy) is 1. The zero-order chi connectivity index (χ0) is 15.8. The lowest BCUT2D eigenvalue weighted by Gasteiger charge is -2.26. The predicted octanol–water partition coefficient (Wildman–Crippen LogP) is 5.24. The molecule has 118 valence electrons. The Labute approximate surface area is 132 Å². The van der Waals surface area contributed by atoms with Crippen LogP contribution >= 0.6 is 0 Å². The van der Waals surface area contributed by atoms with Crippen molar-refractivity contribution in [3.05, 3.63) is 41.7 Å². The van der Waals surface area contributed by atoms with Gasteiger partial charge in [0.15, 0.2) is 0 Å². The summed E-state index contributed by atoms with van der Waals surface area (Å²) in [5.74, 6) is 1.52. The maximum absolute atomic E-state index is 13.4. The number of halogens is 1. The molecule has 0 aromatic heterocycles. The van der Waals surface area contributed by atoms with Gasteiger partial charge in [-0.1, -0.05) is 31.9 Å². The summed E-state index contributed by atoms with van der Waals surface area (Å²) < 4.78 is 18.9. The molecule has 2 rings (SSSR count). The van der Waals surface area contributed by atoms with Gasteiger partial charge in [0.25, 0.3) is 0 Å². The summed E-state index contributed by atoms with van der Waals surface area (Å²) in [5.41, 5.74) is 0.0479. The molecule has 0 saturated heterocycles. The molecule has 0 heterocycles. The van der Waals surface area contributed by atoms with E-state index in [0.29, 0.717) is 18.3 Å². The molecule has 0 bridgehead atoms. The third-order valence-electron chi connectivity index (χ3n) is 4.40. The van der Waals surface area contributed by atoms with Crippen molar-refractivity contribution in [1.29, 1.82) is 5.26 Å². The van der Waals surface area contributed by atoms with E-state index in [4.69, 9.17) is 10.00 Å². The first-order valence-corrected chi connectivity index (χ1v) is 8.22. The lowest BCUT2D eigenvalue weighted by Crippen LogP contribution is -2.13. The van der Waals surface area contributed by atoms with Crippen molar-refractivity contribution in [2.24, 2.45) is 11.8 Å². The van der Waals surface area contributed by atoms with Crippen LogP contribution in [-0.4, -0.2) is 6.61 Å². The maximum atomic E-state index is 13.4. The fourth-order valence-electron chi connectivity index (χ4n) is 3.15. The van der Waals surface area contributed by atoms with E-state index in [2.05, 4.69) is 13.0 Å². The summed E-state index contributed by atoms with van der Waals surface area (Å²) >= 11 is 0. The first-order valence-electron chi connectivity index (χ1n) is 8.22. The highest BCUT2D eigenvalue weighted by molar-refractivity contribution is 5.36. The minimum Gasteiger partial charge on any atom is -0.489 e. The second-order valence-corrected chi connectivity index (χ2v) is 6.06. The van der Waals surface area contributed by atoms with Crippen LogP contribution in [0, 0.1) is 29.0 Å². The quantitative estimate of drug-likeness (QED) is 0.673. The second-order valence-electron chi connectivity index (χ2n) is 6.06. The summed E-state index contributed by atoms with van der Waals surface area (Å²) in [6.07, 6.45) is 12.1. The molecule has 0 unspecified atom stereocenters. The monoisotopic (exact) mass is 301 g/mol. The molecule has 0 spiro atoms. The Balaban J connectivity index is 1.73. The largest absolute Gasteiger partial charge is 0.489 e. The first kappa shape index (κ1) is 16.5. The van der Waals surface area contributed by atoms with Gasteiger partial charge in [0.2, 0.25) is 0 Å². The number of allylic oxidation sites excluding steroid dienone is 1. The fourth-order valence-corrected chi connectivity index (χ4v) is 3.15. The standard InChI is InChI=1S/C19H24FNO/c1-2-4-15-6-8-16(9-7-15)5-3-12-22-18-11-10-17(14-21)19(20)13-18/h3,5,10-11,13,15-16H,2,4,6-9,12H2,1H3/b5-3+/t15-,16-. The second kappa shape index (κ2) is 8.58. The molecule has 1 aliphatic carbocycles. The molecule has 1 aliphatic rings. The van der Waals surface area contributed by atoms with Crippen LogP contribution in [-0.2, 0) is 0 Å². The average molecular weight is 301 g/mol. The van der Waals surface area contributed by atoms with Gasteiger partial charge < -0.3 is 4.74 Å². The third kappa shape index (κ3) is 4.87. The summed E-state index contributed by atoms with van der Waals surface area (Å²) in [6.45, 7) is 2.70. The maximum Gasteiger partial charge on any atom is 0.144 e. The molecule has 1 aromatic carbocycles. The van der Waals surface area contributed by atoms with E-state index in [-0.39, 0.29) is 5.56 Å². The van der Waals surface area contributed by atoms with Gasteiger partial charge in [-0.15, -0.1) is 0 Å². The van der Waals surface area contributed by atoms with Crippen molar-refractivity contribution >= 4 is 0 Å². The van der Waals surface area contributed by atoms with E-state index in [0.717, 1.165) is 5.92 Å². The molecular formula is C19H24FNO. The zero-order valence-electron chi connectivity index (χ0n) is 13.2. The van der Waals surface area contributed by atoms with Gasteiger partial charge in [-0.3, -0.25) is 0 Å². The Morgan fingerprint density at radius 1 is 1.32 bits per heavy atom.